The second-order valence-electron chi connectivity index (χ2n) is 7.08. The molecule has 4 rings (SSSR count). The van der Waals surface area contributed by atoms with E-state index < -0.39 is 0 Å². The molecule has 0 bridgehead atoms. The summed E-state index contributed by atoms with van der Waals surface area (Å²) in [5.74, 6) is 0.855. The monoisotopic (exact) mass is 446 g/mol. The fourth-order valence-corrected chi connectivity index (χ4v) is 3.23. The van der Waals surface area contributed by atoms with Gasteiger partial charge in [-0.15, -0.1) is 0 Å². The lowest BCUT2D eigenvalue weighted by atomic mass is 10.2. The third kappa shape index (κ3) is 5.28. The van der Waals surface area contributed by atoms with Crippen molar-refractivity contribution in [2.75, 3.05) is 11.9 Å². The minimum atomic E-state index is -0.314. The van der Waals surface area contributed by atoms with Crippen LogP contribution < -0.4 is 15.4 Å². The Bertz CT molecular complexity index is 1240. The van der Waals surface area contributed by atoms with Crippen LogP contribution in [0.4, 0.5) is 5.69 Å². The molecule has 2 aromatic carbocycles. The minimum absolute atomic E-state index is 0.185. The Labute approximate surface area is 190 Å². The Morgan fingerprint density at radius 2 is 1.97 bits per heavy atom. The highest BCUT2D eigenvalue weighted by atomic mass is 32.1. The van der Waals surface area contributed by atoms with E-state index in [-0.39, 0.29) is 11.0 Å². The van der Waals surface area contributed by atoms with Gasteiger partial charge in [0.15, 0.2) is 10.7 Å². The van der Waals surface area contributed by atoms with Gasteiger partial charge in [0.1, 0.15) is 11.3 Å². The average Bonchev–Trinajstić information content (AvgIpc) is 3.23. The van der Waals surface area contributed by atoms with E-state index in [1.165, 1.54) is 0 Å². The molecule has 8 heteroatoms. The Balaban J connectivity index is 1.40. The zero-order chi connectivity index (χ0) is 22.3. The van der Waals surface area contributed by atoms with Crippen LogP contribution in [0.5, 0.6) is 5.75 Å². The van der Waals surface area contributed by atoms with Crippen LogP contribution >= 0.6 is 12.2 Å². The minimum Gasteiger partial charge on any atom is -0.494 e. The number of nitrogens with zero attached hydrogens (tertiary/aromatic N) is 2. The number of amides is 1. The molecule has 2 N–H and O–H groups in total. The number of rotatable bonds is 7. The smallest absolute Gasteiger partial charge is 0.257 e. The van der Waals surface area contributed by atoms with E-state index >= 15 is 0 Å². The highest BCUT2D eigenvalue weighted by Gasteiger charge is 2.11. The number of pyridine rings is 1. The van der Waals surface area contributed by atoms with Crippen molar-refractivity contribution in [1.82, 2.24) is 15.3 Å². The first-order valence-electron chi connectivity index (χ1n) is 10.3. The molecule has 0 fully saturated rings. The van der Waals surface area contributed by atoms with Gasteiger partial charge in [-0.1, -0.05) is 19.4 Å². The molecule has 4 aromatic rings. The van der Waals surface area contributed by atoms with Crippen molar-refractivity contribution in [2.45, 2.75) is 19.8 Å². The first-order chi connectivity index (χ1) is 15.6. The standard InChI is InChI=1S/C24H22N4O3S/c1-2-3-13-30-19-6-4-5-17(14-19)22(29)28-24(32)26-18-7-8-21-20(15-18)27-23(31-21)16-9-11-25-12-10-16/h4-12,14-15H,2-3,13H2,1H3,(H2,26,28,29,32). The summed E-state index contributed by atoms with van der Waals surface area (Å²) in [5.41, 5.74) is 3.32. The van der Waals surface area contributed by atoms with E-state index in [0.29, 0.717) is 40.6 Å². The maximum Gasteiger partial charge on any atom is 0.257 e. The third-order valence-electron chi connectivity index (χ3n) is 4.66. The Morgan fingerprint density at radius 1 is 1.12 bits per heavy atom. The topological polar surface area (TPSA) is 89.3 Å². The fraction of sp³-hybridized carbons (Fsp3) is 0.167. The quantitative estimate of drug-likeness (QED) is 0.298. The number of thiocarbonyl (C=S) groups is 1. The third-order valence-corrected chi connectivity index (χ3v) is 4.87. The van der Waals surface area contributed by atoms with Crippen molar-refractivity contribution < 1.29 is 13.9 Å². The number of aromatic nitrogens is 2. The van der Waals surface area contributed by atoms with Gasteiger partial charge in [0.2, 0.25) is 5.89 Å². The van der Waals surface area contributed by atoms with Crippen molar-refractivity contribution in [1.29, 1.82) is 0 Å². The van der Waals surface area contributed by atoms with Crippen molar-refractivity contribution >= 4 is 40.0 Å². The first-order valence-corrected chi connectivity index (χ1v) is 10.7. The summed E-state index contributed by atoms with van der Waals surface area (Å²) in [6.07, 6.45) is 5.38. The first kappa shape index (κ1) is 21.5. The molecule has 2 heterocycles. The molecule has 162 valence electrons. The Hall–Kier alpha value is -3.78. The number of anilines is 1. The fourth-order valence-electron chi connectivity index (χ4n) is 3.02. The van der Waals surface area contributed by atoms with E-state index in [9.17, 15) is 4.79 Å². The summed E-state index contributed by atoms with van der Waals surface area (Å²) in [5, 5.41) is 5.89. The summed E-state index contributed by atoms with van der Waals surface area (Å²) < 4.78 is 11.5. The largest absolute Gasteiger partial charge is 0.494 e. The van der Waals surface area contributed by atoms with E-state index in [1.54, 1.807) is 36.7 Å². The van der Waals surface area contributed by atoms with Gasteiger partial charge in [0, 0.05) is 29.2 Å². The molecule has 2 aromatic heterocycles. The van der Waals surface area contributed by atoms with Crippen molar-refractivity contribution in [3.8, 4) is 17.2 Å². The van der Waals surface area contributed by atoms with Gasteiger partial charge in [-0.2, -0.15) is 0 Å². The molecule has 7 nitrogen and oxygen atoms in total. The highest BCUT2D eigenvalue weighted by Crippen LogP contribution is 2.25. The average molecular weight is 447 g/mol. The van der Waals surface area contributed by atoms with Crippen LogP contribution in [-0.2, 0) is 0 Å². The maximum absolute atomic E-state index is 12.6. The van der Waals surface area contributed by atoms with Gasteiger partial charge in [-0.25, -0.2) is 4.98 Å². The highest BCUT2D eigenvalue weighted by molar-refractivity contribution is 7.80. The number of oxazole rings is 1. The molecule has 0 aliphatic carbocycles. The van der Waals surface area contributed by atoms with Gasteiger partial charge < -0.3 is 14.5 Å². The molecule has 0 radical (unpaired) electrons. The van der Waals surface area contributed by atoms with Gasteiger partial charge >= 0.3 is 0 Å². The van der Waals surface area contributed by atoms with Crippen LogP contribution in [0, 0.1) is 0 Å². The molecule has 0 saturated heterocycles. The summed E-state index contributed by atoms with van der Waals surface area (Å²) in [4.78, 5) is 21.1. The molecule has 0 saturated carbocycles. The van der Waals surface area contributed by atoms with Crippen molar-refractivity contribution in [3.63, 3.8) is 0 Å². The molecule has 0 spiro atoms. The Morgan fingerprint density at radius 3 is 2.78 bits per heavy atom. The van der Waals surface area contributed by atoms with E-state index in [0.717, 1.165) is 18.4 Å². The number of fused-ring (bicyclic) bond motifs is 1. The van der Waals surface area contributed by atoms with E-state index in [1.807, 2.05) is 30.3 Å². The van der Waals surface area contributed by atoms with Crippen LogP contribution in [0.1, 0.15) is 30.1 Å². The lowest BCUT2D eigenvalue weighted by molar-refractivity contribution is 0.0977. The van der Waals surface area contributed by atoms with Gasteiger partial charge in [-0.05, 0) is 67.2 Å². The van der Waals surface area contributed by atoms with E-state index in [4.69, 9.17) is 21.4 Å². The number of benzene rings is 2. The number of nitrogens with one attached hydrogen (secondary N) is 2. The predicted octanol–water partition coefficient (Wildman–Crippen LogP) is 5.20. The van der Waals surface area contributed by atoms with Crippen molar-refractivity contribution in [2.24, 2.45) is 0 Å². The molecule has 0 unspecified atom stereocenters. The number of carbonyl (C=O) groups is 1. The van der Waals surface area contributed by atoms with Crippen LogP contribution in [0.15, 0.2) is 71.4 Å². The second kappa shape index (κ2) is 10.0. The molecule has 0 atom stereocenters. The van der Waals surface area contributed by atoms with E-state index in [2.05, 4.69) is 27.5 Å². The second-order valence-corrected chi connectivity index (χ2v) is 7.48. The lowest BCUT2D eigenvalue weighted by Gasteiger charge is -2.10. The van der Waals surface area contributed by atoms with Gasteiger partial charge in [0.25, 0.3) is 5.91 Å². The summed E-state index contributed by atoms with van der Waals surface area (Å²) >= 11 is 5.31. The molecule has 32 heavy (non-hydrogen) atoms. The molecular formula is C24H22N4O3S. The SMILES string of the molecule is CCCCOc1cccc(C(=O)NC(=S)Nc2ccc3oc(-c4ccncc4)nc3c2)c1. The molecule has 0 aliphatic rings. The van der Waals surface area contributed by atoms with Gasteiger partial charge in [-0.3, -0.25) is 15.1 Å². The zero-order valence-electron chi connectivity index (χ0n) is 17.5. The Kier molecular flexibility index (Phi) is 6.72. The number of hydrogen-bond donors (Lipinski definition) is 2. The molecular weight excluding hydrogens is 424 g/mol. The number of ether oxygens (including phenoxy) is 1. The van der Waals surface area contributed by atoms with Crippen LogP contribution in [0.25, 0.3) is 22.6 Å². The zero-order valence-corrected chi connectivity index (χ0v) is 18.3. The predicted molar refractivity (Wildman–Crippen MR) is 128 cm³/mol. The van der Waals surface area contributed by atoms with Crippen LogP contribution in [0.3, 0.4) is 0 Å². The normalized spacial score (nSPS) is 10.7. The number of carbonyl (C=O) groups excluding carboxylic acids is 1. The van der Waals surface area contributed by atoms with Crippen LogP contribution in [0.2, 0.25) is 0 Å². The van der Waals surface area contributed by atoms with Gasteiger partial charge in [0.05, 0.1) is 6.61 Å². The summed E-state index contributed by atoms with van der Waals surface area (Å²) in [7, 11) is 0. The molecule has 1 amide bonds. The lowest BCUT2D eigenvalue weighted by Crippen LogP contribution is -2.34. The summed E-state index contributed by atoms with van der Waals surface area (Å²) in [6.45, 7) is 2.72. The van der Waals surface area contributed by atoms with Crippen molar-refractivity contribution in [3.05, 3.63) is 72.6 Å². The van der Waals surface area contributed by atoms with Crippen LogP contribution in [-0.4, -0.2) is 27.6 Å². The maximum atomic E-state index is 12.6. The summed E-state index contributed by atoms with van der Waals surface area (Å²) in [6, 6.07) is 16.1. The number of unbranched alkanes of at least 4 members (excludes halogenated alkanes) is 1. The molecule has 0 aliphatic heterocycles. The number of hydrogen-bond acceptors (Lipinski definition) is 6.